The lowest BCUT2D eigenvalue weighted by Crippen LogP contribution is -2.31. The minimum atomic E-state index is -3.76. The molecule has 4 N–H and O–H groups in total. The second-order valence-corrected chi connectivity index (χ2v) is 8.81. The second kappa shape index (κ2) is 9.82. The van der Waals surface area contributed by atoms with Gasteiger partial charge in [-0.1, -0.05) is 0 Å². The van der Waals surface area contributed by atoms with Crippen LogP contribution in [0.2, 0.25) is 0 Å². The Hall–Kier alpha value is -3.08. The molecule has 31 heavy (non-hydrogen) atoms. The lowest BCUT2D eigenvalue weighted by Gasteiger charge is -2.16. The van der Waals surface area contributed by atoms with E-state index in [1.54, 1.807) is 12.1 Å². The Bertz CT molecular complexity index is 1130. The Morgan fingerprint density at radius 3 is 2.48 bits per heavy atom. The second-order valence-electron chi connectivity index (χ2n) is 7.24. The number of nitrogens with zero attached hydrogens (tertiary/aromatic N) is 2. The van der Waals surface area contributed by atoms with Crippen LogP contribution in [-0.2, 0) is 21.2 Å². The van der Waals surface area contributed by atoms with Crippen molar-refractivity contribution in [3.63, 3.8) is 0 Å². The van der Waals surface area contributed by atoms with Gasteiger partial charge in [0.1, 0.15) is 5.82 Å². The molecule has 0 fully saturated rings. The number of amides is 1. The number of nitrogens with one attached hydrogen (secondary N) is 2. The smallest absolute Gasteiger partial charge is 0.238 e. The first-order valence-corrected chi connectivity index (χ1v) is 11.2. The van der Waals surface area contributed by atoms with Gasteiger partial charge in [0.25, 0.3) is 0 Å². The summed E-state index contributed by atoms with van der Waals surface area (Å²) in [4.78, 5) is 14.1. The highest BCUT2D eigenvalue weighted by Crippen LogP contribution is 2.18. The van der Waals surface area contributed by atoms with E-state index in [0.717, 1.165) is 29.8 Å². The number of aromatic nitrogens is 2. The average molecular weight is 446 g/mol. The van der Waals surface area contributed by atoms with Crippen LogP contribution < -0.4 is 10.5 Å². The number of carbonyl (C=O) groups is 1. The van der Waals surface area contributed by atoms with Gasteiger partial charge in [0, 0.05) is 16.9 Å². The summed E-state index contributed by atoms with van der Waals surface area (Å²) in [6, 6.07) is 13.8. The molecule has 1 aromatic heterocycles. The average Bonchev–Trinajstić information content (AvgIpc) is 3.17. The number of nitrogens with two attached hydrogens (primary N) is 1. The number of primary sulfonamides is 1. The van der Waals surface area contributed by atoms with Crippen molar-refractivity contribution >= 4 is 21.6 Å². The van der Waals surface area contributed by atoms with E-state index in [4.69, 9.17) is 5.14 Å². The van der Waals surface area contributed by atoms with Gasteiger partial charge >= 0.3 is 0 Å². The van der Waals surface area contributed by atoms with E-state index >= 15 is 0 Å². The number of aromatic amines is 1. The predicted octanol–water partition coefficient (Wildman–Crippen LogP) is 2.37. The summed E-state index contributed by atoms with van der Waals surface area (Å²) in [5, 5.41) is 15.0. The molecule has 0 bridgehead atoms. The molecule has 0 saturated heterocycles. The molecule has 3 rings (SSSR count). The molecule has 0 atom stereocenters. The minimum Gasteiger partial charge on any atom is -0.325 e. The third-order valence-electron chi connectivity index (χ3n) is 4.64. The van der Waals surface area contributed by atoms with Crippen LogP contribution in [0.1, 0.15) is 12.1 Å². The number of hydrogen-bond donors (Lipinski definition) is 3. The zero-order valence-corrected chi connectivity index (χ0v) is 17.8. The maximum Gasteiger partial charge on any atom is 0.238 e. The van der Waals surface area contributed by atoms with Crippen LogP contribution in [0.5, 0.6) is 0 Å². The van der Waals surface area contributed by atoms with E-state index in [-0.39, 0.29) is 23.2 Å². The molecule has 0 aliphatic carbocycles. The molecule has 164 valence electrons. The fourth-order valence-corrected chi connectivity index (χ4v) is 3.57. The molecule has 10 heteroatoms. The van der Waals surface area contributed by atoms with Crippen LogP contribution in [0, 0.1) is 5.82 Å². The third-order valence-corrected chi connectivity index (χ3v) is 5.57. The van der Waals surface area contributed by atoms with Gasteiger partial charge in [-0.05, 0) is 81.0 Å². The van der Waals surface area contributed by atoms with E-state index in [1.165, 1.54) is 36.4 Å². The summed E-state index contributed by atoms with van der Waals surface area (Å²) in [5.41, 5.74) is 3.06. The lowest BCUT2D eigenvalue weighted by molar-refractivity contribution is -0.117. The maximum atomic E-state index is 13.0. The number of H-pyrrole nitrogens is 1. The van der Waals surface area contributed by atoms with Gasteiger partial charge in [-0.25, -0.2) is 17.9 Å². The molecule has 0 saturated carbocycles. The molecule has 0 radical (unpaired) electrons. The van der Waals surface area contributed by atoms with E-state index in [1.807, 2.05) is 18.0 Å². The Kier molecular flexibility index (Phi) is 7.16. The van der Waals surface area contributed by atoms with Crippen LogP contribution in [-0.4, -0.2) is 49.6 Å². The molecule has 0 unspecified atom stereocenters. The summed E-state index contributed by atoms with van der Waals surface area (Å²) in [6.07, 6.45) is 1.58. The Labute approximate surface area is 180 Å². The fraction of sp³-hybridized carbons (Fsp3) is 0.238. The summed E-state index contributed by atoms with van der Waals surface area (Å²) in [7, 11) is -1.91. The summed E-state index contributed by atoms with van der Waals surface area (Å²) < 4.78 is 35.6. The Balaban J connectivity index is 1.42. The van der Waals surface area contributed by atoms with Gasteiger partial charge in [0.15, 0.2) is 0 Å². The van der Waals surface area contributed by atoms with Crippen molar-refractivity contribution in [2.24, 2.45) is 5.14 Å². The minimum absolute atomic E-state index is 0.0102. The largest absolute Gasteiger partial charge is 0.325 e. The Morgan fingerprint density at radius 2 is 1.84 bits per heavy atom. The van der Waals surface area contributed by atoms with Crippen LogP contribution in [0.3, 0.4) is 0 Å². The molecule has 1 heterocycles. The number of carbonyl (C=O) groups excluding carboxylic acids is 1. The summed E-state index contributed by atoms with van der Waals surface area (Å²) in [5.74, 6) is -0.488. The molecular weight excluding hydrogens is 421 g/mol. The predicted molar refractivity (Wildman–Crippen MR) is 116 cm³/mol. The van der Waals surface area contributed by atoms with Gasteiger partial charge in [0.2, 0.25) is 15.9 Å². The van der Waals surface area contributed by atoms with Crippen molar-refractivity contribution in [3.05, 3.63) is 66.1 Å². The topological polar surface area (TPSA) is 121 Å². The fourth-order valence-electron chi connectivity index (χ4n) is 3.05. The van der Waals surface area contributed by atoms with Gasteiger partial charge < -0.3 is 5.32 Å². The summed E-state index contributed by atoms with van der Waals surface area (Å²) >= 11 is 0. The highest BCUT2D eigenvalue weighted by molar-refractivity contribution is 7.89. The van der Waals surface area contributed by atoms with Crippen molar-refractivity contribution in [2.45, 2.75) is 17.7 Å². The molecule has 0 aliphatic heterocycles. The SMILES string of the molecule is CN(CCCc1cc(-c2ccc(F)cc2)n[nH]1)CC(=O)Nc1ccc(S(N)(=O)=O)cc1. The monoisotopic (exact) mass is 445 g/mol. The molecule has 2 aromatic carbocycles. The number of sulfonamides is 1. The van der Waals surface area contributed by atoms with E-state index in [2.05, 4.69) is 15.5 Å². The molecular formula is C21H24FN5O3S. The first-order chi connectivity index (χ1) is 14.7. The van der Waals surface area contributed by atoms with Crippen molar-refractivity contribution in [2.75, 3.05) is 25.5 Å². The standard InChI is InChI=1S/C21H24FN5O3S/c1-27(14-21(28)24-17-8-10-19(11-9-17)31(23,29)30)12-2-3-18-13-20(26-25-18)15-4-6-16(22)7-5-15/h4-11,13H,2-3,12,14H2,1H3,(H,24,28)(H,25,26)(H2,23,29,30). The van der Waals surface area contributed by atoms with Crippen molar-refractivity contribution in [1.82, 2.24) is 15.1 Å². The number of aryl methyl sites for hydroxylation is 1. The number of hydrogen-bond acceptors (Lipinski definition) is 5. The summed E-state index contributed by atoms with van der Waals surface area (Å²) in [6.45, 7) is 0.892. The zero-order chi connectivity index (χ0) is 22.4. The molecule has 1 amide bonds. The normalized spacial score (nSPS) is 11.6. The third kappa shape index (κ3) is 6.71. The van der Waals surface area contributed by atoms with Crippen LogP contribution in [0.15, 0.2) is 59.5 Å². The van der Waals surface area contributed by atoms with E-state index < -0.39 is 10.0 Å². The number of likely N-dealkylation sites (N-methyl/N-ethyl adjacent to an activating group) is 1. The number of halogens is 1. The van der Waals surface area contributed by atoms with E-state index in [9.17, 15) is 17.6 Å². The van der Waals surface area contributed by atoms with Crippen LogP contribution >= 0.6 is 0 Å². The number of benzene rings is 2. The van der Waals surface area contributed by atoms with Crippen LogP contribution in [0.25, 0.3) is 11.3 Å². The number of rotatable bonds is 9. The lowest BCUT2D eigenvalue weighted by atomic mass is 10.1. The first-order valence-electron chi connectivity index (χ1n) is 9.62. The van der Waals surface area contributed by atoms with Crippen molar-refractivity contribution in [1.29, 1.82) is 0 Å². The zero-order valence-electron chi connectivity index (χ0n) is 17.0. The van der Waals surface area contributed by atoms with Gasteiger partial charge in [-0.2, -0.15) is 5.10 Å². The molecule has 3 aromatic rings. The van der Waals surface area contributed by atoms with Crippen molar-refractivity contribution < 1.29 is 17.6 Å². The molecule has 8 nitrogen and oxygen atoms in total. The van der Waals surface area contributed by atoms with Gasteiger partial charge in [-0.3, -0.25) is 14.8 Å². The van der Waals surface area contributed by atoms with Gasteiger partial charge in [0.05, 0.1) is 17.1 Å². The maximum absolute atomic E-state index is 13.0. The number of anilines is 1. The van der Waals surface area contributed by atoms with Crippen molar-refractivity contribution in [3.8, 4) is 11.3 Å². The van der Waals surface area contributed by atoms with Crippen LogP contribution in [0.4, 0.5) is 10.1 Å². The highest BCUT2D eigenvalue weighted by Gasteiger charge is 2.10. The quantitative estimate of drug-likeness (QED) is 0.467. The molecule has 0 aliphatic rings. The van der Waals surface area contributed by atoms with E-state index in [0.29, 0.717) is 12.2 Å². The first kappa shape index (κ1) is 22.6. The highest BCUT2D eigenvalue weighted by atomic mass is 32.2. The Morgan fingerprint density at radius 1 is 1.16 bits per heavy atom. The van der Waals surface area contributed by atoms with Gasteiger partial charge in [-0.15, -0.1) is 0 Å². The molecule has 0 spiro atoms.